The second-order valence-electron chi connectivity index (χ2n) is 4.97. The quantitative estimate of drug-likeness (QED) is 0.632. The summed E-state index contributed by atoms with van der Waals surface area (Å²) in [5.41, 5.74) is -1.65. The van der Waals surface area contributed by atoms with Crippen molar-refractivity contribution in [2.75, 3.05) is 0 Å². The van der Waals surface area contributed by atoms with Gasteiger partial charge >= 0.3 is 0 Å². The van der Waals surface area contributed by atoms with E-state index in [4.69, 9.17) is 0 Å². The molecule has 0 aromatic heterocycles. The molecule has 3 nitrogen and oxygen atoms in total. The Morgan fingerprint density at radius 1 is 0.882 bits per heavy atom. The Hall–Kier alpha value is -1.77. The summed E-state index contributed by atoms with van der Waals surface area (Å²) in [5, 5.41) is 0. The fourth-order valence-corrected chi connectivity index (χ4v) is 3.28. The summed E-state index contributed by atoms with van der Waals surface area (Å²) in [6.07, 6.45) is 10.8. The number of ketones is 3. The van der Waals surface area contributed by atoms with Gasteiger partial charge < -0.3 is 0 Å². The van der Waals surface area contributed by atoms with Crippen LogP contribution in [0.1, 0.15) is 19.3 Å². The number of allylic oxidation sites excluding steroid dienone is 6. The van der Waals surface area contributed by atoms with Crippen molar-refractivity contribution in [3.05, 3.63) is 36.5 Å². The zero-order valence-electron chi connectivity index (χ0n) is 9.31. The fraction of sp³-hybridized carbons (Fsp3) is 0.357. The summed E-state index contributed by atoms with van der Waals surface area (Å²) >= 11 is 0. The average molecular weight is 228 g/mol. The van der Waals surface area contributed by atoms with Crippen molar-refractivity contribution in [1.29, 1.82) is 0 Å². The van der Waals surface area contributed by atoms with Gasteiger partial charge in [-0.15, -0.1) is 0 Å². The molecule has 0 aromatic rings. The van der Waals surface area contributed by atoms with E-state index in [1.54, 1.807) is 24.3 Å². The van der Waals surface area contributed by atoms with Crippen LogP contribution in [0.5, 0.6) is 0 Å². The van der Waals surface area contributed by atoms with Gasteiger partial charge in [-0.2, -0.15) is 0 Å². The van der Waals surface area contributed by atoms with Crippen molar-refractivity contribution in [2.45, 2.75) is 19.3 Å². The van der Waals surface area contributed by atoms with Crippen LogP contribution >= 0.6 is 0 Å². The monoisotopic (exact) mass is 228 g/mol. The third-order valence-electron chi connectivity index (χ3n) is 4.24. The lowest BCUT2D eigenvalue weighted by Crippen LogP contribution is -2.56. The molecule has 0 spiro atoms. The van der Waals surface area contributed by atoms with Crippen LogP contribution in [0.25, 0.3) is 0 Å². The fourth-order valence-electron chi connectivity index (χ4n) is 3.28. The van der Waals surface area contributed by atoms with Gasteiger partial charge in [0.15, 0.2) is 17.3 Å². The van der Waals surface area contributed by atoms with Crippen LogP contribution in [0, 0.1) is 10.8 Å². The highest BCUT2D eigenvalue weighted by molar-refractivity contribution is 6.12. The number of hydrogen-bond donors (Lipinski definition) is 0. The molecule has 0 unspecified atom stereocenters. The molecule has 0 heterocycles. The Bertz CT molecular complexity index is 524. The Morgan fingerprint density at radius 2 is 1.59 bits per heavy atom. The summed E-state index contributed by atoms with van der Waals surface area (Å²) in [7, 11) is 0. The Labute approximate surface area is 98.9 Å². The number of carbonyl (C=O) groups is 3. The summed E-state index contributed by atoms with van der Waals surface area (Å²) in [6, 6.07) is 0. The van der Waals surface area contributed by atoms with Gasteiger partial charge in [-0.25, -0.2) is 0 Å². The van der Waals surface area contributed by atoms with E-state index >= 15 is 0 Å². The molecule has 0 aromatic carbocycles. The number of carbonyl (C=O) groups excluding carboxylic acids is 3. The SMILES string of the molecule is O=C1C=C[C@@]23CC=CC(=O)[C@]2(CC=CC3=O)C1. The maximum Gasteiger partial charge on any atom is 0.166 e. The van der Waals surface area contributed by atoms with Crippen LogP contribution in [-0.4, -0.2) is 17.3 Å². The van der Waals surface area contributed by atoms with Crippen LogP contribution in [0.15, 0.2) is 36.5 Å². The summed E-state index contributed by atoms with van der Waals surface area (Å²) in [4.78, 5) is 36.0. The van der Waals surface area contributed by atoms with Gasteiger partial charge in [0.25, 0.3) is 0 Å². The first kappa shape index (κ1) is 10.4. The lowest BCUT2D eigenvalue weighted by Gasteiger charge is -2.50. The van der Waals surface area contributed by atoms with Crippen molar-refractivity contribution >= 4 is 17.3 Å². The highest BCUT2D eigenvalue weighted by Crippen LogP contribution is 2.56. The summed E-state index contributed by atoms with van der Waals surface area (Å²) in [5.74, 6) is -0.197. The van der Waals surface area contributed by atoms with Gasteiger partial charge in [-0.05, 0) is 31.1 Å². The predicted molar refractivity (Wildman–Crippen MR) is 61.2 cm³/mol. The highest BCUT2D eigenvalue weighted by atomic mass is 16.1. The van der Waals surface area contributed by atoms with E-state index < -0.39 is 10.8 Å². The van der Waals surface area contributed by atoms with Gasteiger partial charge in [0.1, 0.15) is 0 Å². The van der Waals surface area contributed by atoms with E-state index in [-0.39, 0.29) is 23.8 Å². The van der Waals surface area contributed by atoms with E-state index in [1.807, 2.05) is 0 Å². The van der Waals surface area contributed by atoms with Crippen molar-refractivity contribution in [2.24, 2.45) is 10.8 Å². The van der Waals surface area contributed by atoms with Crippen LogP contribution in [0.4, 0.5) is 0 Å². The van der Waals surface area contributed by atoms with Gasteiger partial charge in [0, 0.05) is 6.42 Å². The molecule has 0 saturated heterocycles. The zero-order chi connectivity index (χ0) is 12.1. The standard InChI is InChI=1S/C14H12O3/c15-10-5-8-13-6-1-4-12(17)14(13,9-10)7-2-3-11(13)16/h1-5,8H,6-7,9H2/t13-,14+/m1/s1. The smallest absolute Gasteiger partial charge is 0.166 e. The molecule has 17 heavy (non-hydrogen) atoms. The molecule has 3 rings (SSSR count). The normalized spacial score (nSPS) is 39.2. The molecular weight excluding hydrogens is 216 g/mol. The predicted octanol–water partition coefficient (Wildman–Crippen LogP) is 1.55. The van der Waals surface area contributed by atoms with Gasteiger partial charge in [-0.1, -0.05) is 18.2 Å². The van der Waals surface area contributed by atoms with E-state index in [2.05, 4.69) is 0 Å². The zero-order valence-corrected chi connectivity index (χ0v) is 9.31. The molecule has 3 aliphatic rings. The maximum atomic E-state index is 12.2. The van der Waals surface area contributed by atoms with Gasteiger partial charge in [-0.3, -0.25) is 14.4 Å². The summed E-state index contributed by atoms with van der Waals surface area (Å²) < 4.78 is 0. The average Bonchev–Trinajstić information content (AvgIpc) is 2.30. The Kier molecular flexibility index (Phi) is 1.91. The molecule has 2 atom stereocenters. The molecule has 3 aliphatic carbocycles. The maximum absolute atomic E-state index is 12.2. The van der Waals surface area contributed by atoms with Crippen LogP contribution < -0.4 is 0 Å². The van der Waals surface area contributed by atoms with E-state index in [1.165, 1.54) is 12.2 Å². The molecule has 0 N–H and O–H groups in total. The van der Waals surface area contributed by atoms with Crippen molar-refractivity contribution in [3.63, 3.8) is 0 Å². The minimum atomic E-state index is -0.848. The second-order valence-corrected chi connectivity index (χ2v) is 4.97. The lowest BCUT2D eigenvalue weighted by molar-refractivity contribution is -0.146. The third-order valence-corrected chi connectivity index (χ3v) is 4.24. The molecular formula is C14H12O3. The first-order valence-electron chi connectivity index (χ1n) is 5.75. The van der Waals surface area contributed by atoms with Gasteiger partial charge in [0.2, 0.25) is 0 Å². The van der Waals surface area contributed by atoms with Crippen molar-refractivity contribution < 1.29 is 14.4 Å². The minimum Gasteiger partial charge on any atom is -0.295 e. The third kappa shape index (κ3) is 1.09. The van der Waals surface area contributed by atoms with Crippen molar-refractivity contribution in [1.82, 2.24) is 0 Å². The number of rotatable bonds is 0. The first-order valence-corrected chi connectivity index (χ1v) is 5.75. The van der Waals surface area contributed by atoms with E-state index in [0.717, 1.165) is 0 Å². The van der Waals surface area contributed by atoms with Crippen LogP contribution in [0.3, 0.4) is 0 Å². The van der Waals surface area contributed by atoms with E-state index in [0.29, 0.717) is 12.8 Å². The van der Waals surface area contributed by atoms with Crippen molar-refractivity contribution in [3.8, 4) is 0 Å². The molecule has 0 bridgehead atoms. The first-order chi connectivity index (χ1) is 8.11. The summed E-state index contributed by atoms with van der Waals surface area (Å²) in [6.45, 7) is 0. The number of hydrogen-bond acceptors (Lipinski definition) is 3. The Balaban J connectivity index is 2.29. The lowest BCUT2D eigenvalue weighted by atomic mass is 9.49. The molecule has 3 heteroatoms. The largest absolute Gasteiger partial charge is 0.295 e. The molecule has 0 aliphatic heterocycles. The second kappa shape index (κ2) is 3.13. The van der Waals surface area contributed by atoms with Gasteiger partial charge in [0.05, 0.1) is 10.8 Å². The molecule has 0 radical (unpaired) electrons. The Morgan fingerprint density at radius 3 is 2.41 bits per heavy atom. The van der Waals surface area contributed by atoms with Crippen LogP contribution in [0.2, 0.25) is 0 Å². The minimum absolute atomic E-state index is 0.0507. The highest BCUT2D eigenvalue weighted by Gasteiger charge is 2.60. The van der Waals surface area contributed by atoms with E-state index in [9.17, 15) is 14.4 Å². The van der Waals surface area contributed by atoms with Crippen LogP contribution in [-0.2, 0) is 14.4 Å². The molecule has 86 valence electrons. The molecule has 0 amide bonds. The molecule has 0 fully saturated rings. The topological polar surface area (TPSA) is 51.2 Å². The molecule has 0 saturated carbocycles.